The number of hydrogen-bond donors (Lipinski definition) is 2. The van der Waals surface area contributed by atoms with Crippen molar-refractivity contribution in [2.24, 2.45) is 11.7 Å². The summed E-state index contributed by atoms with van der Waals surface area (Å²) in [4.78, 5) is 11.6. The summed E-state index contributed by atoms with van der Waals surface area (Å²) in [6.07, 6.45) is 1.71. The molecule has 0 rings (SSSR count). The zero-order valence-electron chi connectivity index (χ0n) is 11.2. The number of carbonyl (C=O) groups excluding carboxylic acids is 1. The van der Waals surface area contributed by atoms with Gasteiger partial charge in [-0.15, -0.1) is 0 Å². The fourth-order valence-corrected chi connectivity index (χ4v) is 1.26. The summed E-state index contributed by atoms with van der Waals surface area (Å²) in [6, 6.07) is -0.408. The van der Waals surface area contributed by atoms with E-state index in [-0.39, 0.29) is 11.8 Å². The summed E-state index contributed by atoms with van der Waals surface area (Å²) in [7, 11) is 1.64. The number of amides is 1. The van der Waals surface area contributed by atoms with E-state index in [0.717, 1.165) is 12.8 Å². The normalized spacial score (nSPS) is 14.4. The fraction of sp³-hybridized carbons (Fsp3) is 0.917. The van der Waals surface area contributed by atoms with Crippen LogP contribution in [0.3, 0.4) is 0 Å². The first kappa shape index (κ1) is 16.4. The molecule has 0 aromatic rings. The van der Waals surface area contributed by atoms with Crippen molar-refractivity contribution in [2.45, 2.75) is 32.7 Å². The smallest absolute Gasteiger partial charge is 0.237 e. The van der Waals surface area contributed by atoms with Gasteiger partial charge in [0.2, 0.25) is 5.91 Å². The van der Waals surface area contributed by atoms with Crippen molar-refractivity contribution in [2.75, 3.05) is 33.5 Å². The molecule has 102 valence electrons. The van der Waals surface area contributed by atoms with E-state index in [9.17, 15) is 4.79 Å². The minimum Gasteiger partial charge on any atom is -0.382 e. The van der Waals surface area contributed by atoms with Crippen molar-refractivity contribution < 1.29 is 14.3 Å². The van der Waals surface area contributed by atoms with Crippen LogP contribution < -0.4 is 11.1 Å². The van der Waals surface area contributed by atoms with Gasteiger partial charge in [-0.2, -0.15) is 0 Å². The highest BCUT2D eigenvalue weighted by Crippen LogP contribution is 2.04. The zero-order chi connectivity index (χ0) is 13.1. The number of hydrogen-bond acceptors (Lipinski definition) is 4. The SMILES string of the molecule is CC[C@H](C)[C@H](N)C(=O)NCCCOCCOC. The molecule has 3 N–H and O–H groups in total. The number of rotatable bonds is 10. The molecule has 0 heterocycles. The van der Waals surface area contributed by atoms with Gasteiger partial charge in [0.15, 0.2) is 0 Å². The second-order valence-electron chi connectivity index (χ2n) is 4.16. The molecule has 17 heavy (non-hydrogen) atoms. The maximum Gasteiger partial charge on any atom is 0.237 e. The van der Waals surface area contributed by atoms with Gasteiger partial charge in [0.05, 0.1) is 19.3 Å². The Kier molecular flexibility index (Phi) is 10.1. The summed E-state index contributed by atoms with van der Waals surface area (Å²) in [6.45, 7) is 6.44. The fourth-order valence-electron chi connectivity index (χ4n) is 1.26. The van der Waals surface area contributed by atoms with Gasteiger partial charge in [0.25, 0.3) is 0 Å². The number of nitrogens with one attached hydrogen (secondary N) is 1. The average molecular weight is 246 g/mol. The second-order valence-corrected chi connectivity index (χ2v) is 4.16. The predicted octanol–water partition coefficient (Wildman–Crippen LogP) is 0.529. The number of nitrogens with two attached hydrogens (primary N) is 1. The molecule has 0 saturated carbocycles. The molecule has 0 aliphatic heterocycles. The van der Waals surface area contributed by atoms with Gasteiger partial charge >= 0.3 is 0 Å². The van der Waals surface area contributed by atoms with Crippen LogP contribution in [0.5, 0.6) is 0 Å². The van der Waals surface area contributed by atoms with E-state index in [2.05, 4.69) is 5.32 Å². The van der Waals surface area contributed by atoms with Crippen LogP contribution in [0.4, 0.5) is 0 Å². The van der Waals surface area contributed by atoms with Crippen molar-refractivity contribution in [1.29, 1.82) is 0 Å². The third-order valence-electron chi connectivity index (χ3n) is 2.76. The number of methoxy groups -OCH3 is 1. The lowest BCUT2D eigenvalue weighted by atomic mass is 9.99. The summed E-state index contributed by atoms with van der Waals surface area (Å²) in [5.41, 5.74) is 5.79. The molecule has 0 spiro atoms. The minimum absolute atomic E-state index is 0.0729. The minimum atomic E-state index is -0.408. The molecule has 0 unspecified atom stereocenters. The zero-order valence-corrected chi connectivity index (χ0v) is 11.2. The number of ether oxygens (including phenoxy) is 2. The molecule has 2 atom stereocenters. The van der Waals surface area contributed by atoms with Crippen LogP contribution in [0.15, 0.2) is 0 Å². The Balaban J connectivity index is 3.45. The van der Waals surface area contributed by atoms with Gasteiger partial charge in [0, 0.05) is 20.3 Å². The van der Waals surface area contributed by atoms with Crippen LogP contribution in [0.25, 0.3) is 0 Å². The first-order valence-electron chi connectivity index (χ1n) is 6.23. The molecular formula is C12H26N2O3. The highest BCUT2D eigenvalue weighted by Gasteiger charge is 2.18. The summed E-state index contributed by atoms with van der Waals surface area (Å²) in [5.74, 6) is 0.143. The predicted molar refractivity (Wildman–Crippen MR) is 67.8 cm³/mol. The molecule has 0 radical (unpaired) electrons. The van der Waals surface area contributed by atoms with Gasteiger partial charge in [-0.25, -0.2) is 0 Å². The van der Waals surface area contributed by atoms with Crippen LogP contribution in [0, 0.1) is 5.92 Å². The van der Waals surface area contributed by atoms with E-state index in [1.807, 2.05) is 13.8 Å². The van der Waals surface area contributed by atoms with Gasteiger partial charge in [-0.3, -0.25) is 4.79 Å². The summed E-state index contributed by atoms with van der Waals surface area (Å²) in [5, 5.41) is 2.81. The average Bonchev–Trinajstić information content (AvgIpc) is 2.35. The molecule has 0 fully saturated rings. The van der Waals surface area contributed by atoms with E-state index >= 15 is 0 Å². The lowest BCUT2D eigenvalue weighted by molar-refractivity contribution is -0.123. The van der Waals surface area contributed by atoms with Crippen LogP contribution in [-0.2, 0) is 14.3 Å². The lowest BCUT2D eigenvalue weighted by Crippen LogP contribution is -2.45. The van der Waals surface area contributed by atoms with Crippen LogP contribution in [0.1, 0.15) is 26.7 Å². The Hall–Kier alpha value is -0.650. The largest absolute Gasteiger partial charge is 0.382 e. The van der Waals surface area contributed by atoms with Crippen LogP contribution >= 0.6 is 0 Å². The van der Waals surface area contributed by atoms with E-state index in [1.165, 1.54) is 0 Å². The molecule has 5 heteroatoms. The van der Waals surface area contributed by atoms with Crippen molar-refractivity contribution >= 4 is 5.91 Å². The van der Waals surface area contributed by atoms with E-state index in [1.54, 1.807) is 7.11 Å². The van der Waals surface area contributed by atoms with Crippen molar-refractivity contribution in [1.82, 2.24) is 5.32 Å². The highest BCUT2D eigenvalue weighted by atomic mass is 16.5. The Labute approximate surface area is 104 Å². The van der Waals surface area contributed by atoms with Gasteiger partial charge in [-0.1, -0.05) is 20.3 Å². The third kappa shape index (κ3) is 8.12. The summed E-state index contributed by atoms with van der Waals surface area (Å²) < 4.78 is 10.1. The monoisotopic (exact) mass is 246 g/mol. The molecular weight excluding hydrogens is 220 g/mol. The molecule has 0 aromatic carbocycles. The quantitative estimate of drug-likeness (QED) is 0.551. The molecule has 1 amide bonds. The topological polar surface area (TPSA) is 73.6 Å². The van der Waals surface area contributed by atoms with Gasteiger partial charge < -0.3 is 20.5 Å². The maximum absolute atomic E-state index is 11.6. The van der Waals surface area contributed by atoms with Crippen molar-refractivity contribution in [3.8, 4) is 0 Å². The molecule has 0 aliphatic rings. The Bertz CT molecular complexity index is 200. The lowest BCUT2D eigenvalue weighted by Gasteiger charge is -2.17. The van der Waals surface area contributed by atoms with Crippen molar-refractivity contribution in [3.05, 3.63) is 0 Å². The Morgan fingerprint density at radius 2 is 2.06 bits per heavy atom. The Morgan fingerprint density at radius 3 is 2.65 bits per heavy atom. The van der Waals surface area contributed by atoms with E-state index in [0.29, 0.717) is 26.4 Å². The second kappa shape index (κ2) is 10.5. The Morgan fingerprint density at radius 1 is 1.35 bits per heavy atom. The van der Waals surface area contributed by atoms with Crippen LogP contribution in [0.2, 0.25) is 0 Å². The molecule has 0 aromatic heterocycles. The van der Waals surface area contributed by atoms with Crippen molar-refractivity contribution in [3.63, 3.8) is 0 Å². The van der Waals surface area contributed by atoms with E-state index in [4.69, 9.17) is 15.2 Å². The maximum atomic E-state index is 11.6. The first-order valence-corrected chi connectivity index (χ1v) is 6.23. The standard InChI is InChI=1S/C12H26N2O3/c1-4-10(2)11(13)12(15)14-6-5-7-17-9-8-16-3/h10-11H,4-9,13H2,1-3H3,(H,14,15)/t10-,11-/m0/s1. The summed E-state index contributed by atoms with van der Waals surface area (Å²) >= 11 is 0. The van der Waals surface area contributed by atoms with Gasteiger partial charge in [-0.05, 0) is 12.3 Å². The molecule has 0 saturated heterocycles. The highest BCUT2D eigenvalue weighted by molar-refractivity contribution is 5.81. The number of carbonyl (C=O) groups is 1. The van der Waals surface area contributed by atoms with Crippen LogP contribution in [-0.4, -0.2) is 45.4 Å². The molecule has 0 bridgehead atoms. The molecule has 0 aliphatic carbocycles. The van der Waals surface area contributed by atoms with Gasteiger partial charge in [0.1, 0.15) is 0 Å². The third-order valence-corrected chi connectivity index (χ3v) is 2.76. The molecule has 5 nitrogen and oxygen atoms in total. The first-order chi connectivity index (χ1) is 8.13. The van der Waals surface area contributed by atoms with E-state index < -0.39 is 6.04 Å².